The van der Waals surface area contributed by atoms with Crippen LogP contribution in [0, 0.1) is 0 Å². The van der Waals surface area contributed by atoms with Crippen LogP contribution in [0.4, 0.5) is 0 Å². The first-order chi connectivity index (χ1) is 9.34. The number of pyridine rings is 1. The average Bonchev–Trinajstić information content (AvgIpc) is 3.17. The summed E-state index contributed by atoms with van der Waals surface area (Å²) in [5, 5.41) is 0. The molecule has 0 atom stereocenters. The molecule has 0 amide bonds. The zero-order chi connectivity index (χ0) is 14.5. The SMILES string of the molecule is COc1nc(B2OC(C)(C)C(C)(C)O2)ccc1C1CC1. The molecular weight excluding hydrogens is 253 g/mol. The third-order valence-electron chi connectivity index (χ3n) is 4.62. The molecule has 4 nitrogen and oxygen atoms in total. The van der Waals surface area contributed by atoms with Gasteiger partial charge >= 0.3 is 7.12 Å². The molecule has 1 aliphatic carbocycles. The molecule has 5 heteroatoms. The van der Waals surface area contributed by atoms with E-state index in [4.69, 9.17) is 14.0 Å². The van der Waals surface area contributed by atoms with Gasteiger partial charge in [0.1, 0.15) is 0 Å². The minimum Gasteiger partial charge on any atom is -0.481 e. The van der Waals surface area contributed by atoms with Gasteiger partial charge < -0.3 is 14.0 Å². The number of hydrogen-bond acceptors (Lipinski definition) is 4. The van der Waals surface area contributed by atoms with E-state index >= 15 is 0 Å². The van der Waals surface area contributed by atoms with Gasteiger partial charge in [-0.05, 0) is 52.5 Å². The molecule has 0 radical (unpaired) electrons. The summed E-state index contributed by atoms with van der Waals surface area (Å²) < 4.78 is 17.5. The van der Waals surface area contributed by atoms with Crippen LogP contribution in [0.1, 0.15) is 52.0 Å². The van der Waals surface area contributed by atoms with Crippen LogP contribution in [-0.4, -0.2) is 30.4 Å². The van der Waals surface area contributed by atoms with Gasteiger partial charge in [-0.2, -0.15) is 0 Å². The molecule has 1 aliphatic heterocycles. The Hall–Kier alpha value is -1.07. The molecule has 0 spiro atoms. The van der Waals surface area contributed by atoms with Crippen LogP contribution in [0.3, 0.4) is 0 Å². The third kappa shape index (κ3) is 2.23. The fourth-order valence-corrected chi connectivity index (χ4v) is 2.43. The lowest BCUT2D eigenvalue weighted by atomic mass is 9.84. The van der Waals surface area contributed by atoms with Crippen molar-refractivity contribution < 1.29 is 14.0 Å². The summed E-state index contributed by atoms with van der Waals surface area (Å²) in [5.74, 6) is 1.32. The van der Waals surface area contributed by atoms with Crippen molar-refractivity contribution in [3.05, 3.63) is 17.7 Å². The lowest BCUT2D eigenvalue weighted by molar-refractivity contribution is 0.00578. The van der Waals surface area contributed by atoms with Gasteiger partial charge in [0.15, 0.2) is 0 Å². The maximum absolute atomic E-state index is 6.03. The van der Waals surface area contributed by atoms with E-state index in [-0.39, 0.29) is 11.2 Å². The molecule has 0 bridgehead atoms. The molecule has 1 aromatic rings. The molecule has 20 heavy (non-hydrogen) atoms. The van der Waals surface area contributed by atoms with Crippen LogP contribution in [0.25, 0.3) is 0 Å². The Morgan fingerprint density at radius 1 is 1.15 bits per heavy atom. The molecule has 0 aromatic carbocycles. The molecular formula is C15H22BNO3. The second kappa shape index (κ2) is 4.47. The lowest BCUT2D eigenvalue weighted by Crippen LogP contribution is -2.41. The summed E-state index contributed by atoms with van der Waals surface area (Å²) in [6.07, 6.45) is 2.46. The first kappa shape index (κ1) is 13.9. The zero-order valence-electron chi connectivity index (χ0n) is 12.9. The zero-order valence-corrected chi connectivity index (χ0v) is 12.9. The van der Waals surface area contributed by atoms with Crippen molar-refractivity contribution in [2.45, 2.75) is 57.7 Å². The average molecular weight is 275 g/mol. The van der Waals surface area contributed by atoms with Crippen LogP contribution in [0.15, 0.2) is 12.1 Å². The van der Waals surface area contributed by atoms with Crippen molar-refractivity contribution in [1.29, 1.82) is 0 Å². The molecule has 1 saturated heterocycles. The Morgan fingerprint density at radius 3 is 2.25 bits per heavy atom. The van der Waals surface area contributed by atoms with Crippen molar-refractivity contribution in [1.82, 2.24) is 4.98 Å². The largest absolute Gasteiger partial charge is 0.514 e. The van der Waals surface area contributed by atoms with Gasteiger partial charge in [-0.1, -0.05) is 6.07 Å². The highest BCUT2D eigenvalue weighted by molar-refractivity contribution is 6.61. The van der Waals surface area contributed by atoms with Gasteiger partial charge in [-0.25, -0.2) is 4.98 Å². The molecule has 0 unspecified atom stereocenters. The highest BCUT2D eigenvalue weighted by Gasteiger charge is 2.52. The van der Waals surface area contributed by atoms with Gasteiger partial charge in [0.2, 0.25) is 5.88 Å². The Kier molecular flexibility index (Phi) is 3.10. The molecule has 3 rings (SSSR count). The number of aromatic nitrogens is 1. The second-order valence-electron chi connectivity index (χ2n) is 6.70. The number of nitrogens with zero attached hydrogens (tertiary/aromatic N) is 1. The Bertz CT molecular complexity index is 510. The summed E-state index contributed by atoms with van der Waals surface area (Å²) >= 11 is 0. The van der Waals surface area contributed by atoms with Crippen molar-refractivity contribution in [3.63, 3.8) is 0 Å². The van der Waals surface area contributed by atoms with Crippen LogP contribution in [0.5, 0.6) is 5.88 Å². The van der Waals surface area contributed by atoms with Gasteiger partial charge in [0.05, 0.1) is 23.9 Å². The molecule has 2 aliphatic rings. The van der Waals surface area contributed by atoms with Crippen molar-refractivity contribution in [2.75, 3.05) is 7.11 Å². The van der Waals surface area contributed by atoms with E-state index in [0.29, 0.717) is 11.8 Å². The number of hydrogen-bond donors (Lipinski definition) is 0. The monoisotopic (exact) mass is 275 g/mol. The predicted octanol–water partition coefficient (Wildman–Crippen LogP) is 2.27. The van der Waals surface area contributed by atoms with E-state index in [9.17, 15) is 0 Å². The highest BCUT2D eigenvalue weighted by atomic mass is 16.7. The van der Waals surface area contributed by atoms with Gasteiger partial charge in [0, 0.05) is 5.56 Å². The number of methoxy groups -OCH3 is 1. The normalized spacial score (nSPS) is 23.9. The molecule has 1 aromatic heterocycles. The van der Waals surface area contributed by atoms with Crippen molar-refractivity contribution >= 4 is 12.7 Å². The minimum atomic E-state index is -0.429. The third-order valence-corrected chi connectivity index (χ3v) is 4.62. The summed E-state index contributed by atoms with van der Waals surface area (Å²) in [6, 6.07) is 4.10. The van der Waals surface area contributed by atoms with Crippen LogP contribution < -0.4 is 10.3 Å². The Labute approximate surface area is 121 Å². The van der Waals surface area contributed by atoms with Crippen LogP contribution >= 0.6 is 0 Å². The quantitative estimate of drug-likeness (QED) is 0.793. The summed E-state index contributed by atoms with van der Waals surface area (Å²) in [5.41, 5.74) is 1.29. The molecule has 1 saturated carbocycles. The first-order valence-corrected chi connectivity index (χ1v) is 7.24. The molecule has 0 N–H and O–H groups in total. The highest BCUT2D eigenvalue weighted by Crippen LogP contribution is 2.43. The fraction of sp³-hybridized carbons (Fsp3) is 0.667. The number of ether oxygens (including phenoxy) is 1. The van der Waals surface area contributed by atoms with E-state index < -0.39 is 7.12 Å². The van der Waals surface area contributed by atoms with E-state index in [0.717, 1.165) is 5.59 Å². The van der Waals surface area contributed by atoms with Gasteiger partial charge in [-0.3, -0.25) is 0 Å². The molecule has 2 heterocycles. The van der Waals surface area contributed by atoms with E-state index in [2.05, 4.69) is 11.1 Å². The maximum Gasteiger partial charge on any atom is 0.514 e. The summed E-state index contributed by atoms with van der Waals surface area (Å²) in [7, 11) is 1.24. The lowest BCUT2D eigenvalue weighted by Gasteiger charge is -2.32. The Morgan fingerprint density at radius 2 is 1.75 bits per heavy atom. The van der Waals surface area contributed by atoms with E-state index in [1.54, 1.807) is 7.11 Å². The van der Waals surface area contributed by atoms with E-state index in [1.165, 1.54) is 18.4 Å². The van der Waals surface area contributed by atoms with E-state index in [1.807, 2.05) is 33.8 Å². The number of rotatable bonds is 3. The first-order valence-electron chi connectivity index (χ1n) is 7.24. The maximum atomic E-state index is 6.03. The predicted molar refractivity (Wildman–Crippen MR) is 78.5 cm³/mol. The smallest absolute Gasteiger partial charge is 0.481 e. The van der Waals surface area contributed by atoms with Gasteiger partial charge in [0.25, 0.3) is 0 Å². The van der Waals surface area contributed by atoms with Gasteiger partial charge in [-0.15, -0.1) is 0 Å². The van der Waals surface area contributed by atoms with Crippen LogP contribution in [0.2, 0.25) is 0 Å². The Balaban J connectivity index is 1.88. The molecule has 2 fully saturated rings. The summed E-state index contributed by atoms with van der Waals surface area (Å²) in [6.45, 7) is 8.18. The van der Waals surface area contributed by atoms with Crippen molar-refractivity contribution in [2.24, 2.45) is 0 Å². The summed E-state index contributed by atoms with van der Waals surface area (Å²) in [4.78, 5) is 4.59. The molecule has 108 valence electrons. The van der Waals surface area contributed by atoms with Crippen molar-refractivity contribution in [3.8, 4) is 5.88 Å². The minimum absolute atomic E-state index is 0.345. The van der Waals surface area contributed by atoms with Crippen LogP contribution in [-0.2, 0) is 9.31 Å². The topological polar surface area (TPSA) is 40.6 Å². The fourth-order valence-electron chi connectivity index (χ4n) is 2.43. The second-order valence-corrected chi connectivity index (χ2v) is 6.70. The standard InChI is InChI=1S/C15H22BNO3/c1-14(2)15(3,4)20-16(19-14)12-9-8-11(10-6-7-10)13(17-12)18-5/h8-10H,6-7H2,1-5H3.